The summed E-state index contributed by atoms with van der Waals surface area (Å²) in [5, 5.41) is 17.9. The van der Waals surface area contributed by atoms with E-state index in [4.69, 9.17) is 5.73 Å². The standard InChI is InChI=1S/C23H32F2N6O6S/c1-9-16-15(10(2)28-20(33)19(24)25)22(35)31(16)17(23(36)37)18(9)38-12-5-13(27-7-12)21(34)30-4-3-11(8-30)29-14(32)6-26/h9-13,15-16,19,27H,3-8,26H2,1-2H3,(H,28,33)(H,29,32)(H,36,37)/t9-,10-,11+,12+,13+,15-,16+/m1/s1. The minimum Gasteiger partial charge on any atom is -0.477 e. The first kappa shape index (κ1) is 28.2. The highest BCUT2D eigenvalue weighted by molar-refractivity contribution is 8.03. The molecule has 7 atom stereocenters. The van der Waals surface area contributed by atoms with Crippen LogP contribution >= 0.6 is 11.8 Å². The number of alkyl halides is 2. The number of amides is 4. The SMILES string of the molecule is C[C@@H](NC(=O)C(F)F)[C@H]1C(=O)N2C(C(=O)O)=C(S[C@@H]3CN[C@H](C(=O)N4CC[C@H](NC(=O)CN)C4)C3)[C@H](C)[C@@H]12. The summed E-state index contributed by atoms with van der Waals surface area (Å²) >= 11 is 1.31. The third-order valence-electron chi connectivity index (χ3n) is 7.63. The summed E-state index contributed by atoms with van der Waals surface area (Å²) in [5.41, 5.74) is 5.20. The first-order valence-electron chi connectivity index (χ1n) is 12.5. The molecular formula is C23H32F2N6O6S. The maximum atomic E-state index is 13.0. The fourth-order valence-corrected chi connectivity index (χ4v) is 7.30. The zero-order valence-corrected chi connectivity index (χ0v) is 21.8. The Balaban J connectivity index is 1.39. The van der Waals surface area contributed by atoms with Crippen LogP contribution in [0.4, 0.5) is 8.78 Å². The Labute approximate surface area is 222 Å². The second kappa shape index (κ2) is 11.1. The van der Waals surface area contributed by atoms with Crippen molar-refractivity contribution in [1.82, 2.24) is 25.8 Å². The van der Waals surface area contributed by atoms with Crippen LogP contribution in [0.2, 0.25) is 0 Å². The van der Waals surface area contributed by atoms with Gasteiger partial charge in [-0.05, 0) is 19.8 Å². The van der Waals surface area contributed by atoms with E-state index >= 15 is 0 Å². The van der Waals surface area contributed by atoms with Gasteiger partial charge in [0, 0.05) is 47.8 Å². The number of carbonyl (C=O) groups is 5. The summed E-state index contributed by atoms with van der Waals surface area (Å²) in [7, 11) is 0. The van der Waals surface area contributed by atoms with Gasteiger partial charge in [-0.1, -0.05) is 6.92 Å². The monoisotopic (exact) mass is 558 g/mol. The van der Waals surface area contributed by atoms with E-state index in [1.165, 1.54) is 23.6 Å². The van der Waals surface area contributed by atoms with Crippen LogP contribution in [0.25, 0.3) is 0 Å². The third kappa shape index (κ3) is 5.23. The van der Waals surface area contributed by atoms with Crippen molar-refractivity contribution in [2.75, 3.05) is 26.2 Å². The number of halogens is 2. The predicted octanol–water partition coefficient (Wildman–Crippen LogP) is -1.33. The summed E-state index contributed by atoms with van der Waals surface area (Å²) in [5.74, 6) is -4.84. The number of hydrogen-bond donors (Lipinski definition) is 5. The van der Waals surface area contributed by atoms with Gasteiger partial charge in [-0.15, -0.1) is 11.8 Å². The molecule has 210 valence electrons. The molecule has 4 aliphatic heterocycles. The molecule has 0 radical (unpaired) electrons. The van der Waals surface area contributed by atoms with Gasteiger partial charge in [0.15, 0.2) is 0 Å². The minimum atomic E-state index is -3.22. The van der Waals surface area contributed by atoms with Crippen molar-refractivity contribution in [3.05, 3.63) is 10.6 Å². The average molecular weight is 559 g/mol. The van der Waals surface area contributed by atoms with E-state index in [1.807, 2.05) is 0 Å². The fraction of sp³-hybridized carbons (Fsp3) is 0.696. The second-order valence-electron chi connectivity index (χ2n) is 10.1. The number of carboxylic acids is 1. The molecule has 4 aliphatic rings. The Morgan fingerprint density at radius 1 is 1.29 bits per heavy atom. The molecule has 0 aromatic heterocycles. The number of nitrogens with two attached hydrogens (primary N) is 1. The Morgan fingerprint density at radius 2 is 2.00 bits per heavy atom. The van der Waals surface area contributed by atoms with Crippen LogP contribution in [0.15, 0.2) is 10.6 Å². The highest BCUT2D eigenvalue weighted by Crippen LogP contribution is 2.51. The van der Waals surface area contributed by atoms with Gasteiger partial charge < -0.3 is 36.6 Å². The Hall–Kier alpha value is -2.78. The van der Waals surface area contributed by atoms with E-state index < -0.39 is 48.3 Å². The van der Waals surface area contributed by atoms with Crippen LogP contribution in [0.5, 0.6) is 0 Å². The lowest BCUT2D eigenvalue weighted by Gasteiger charge is -2.47. The van der Waals surface area contributed by atoms with Crippen LogP contribution in [-0.2, 0) is 24.0 Å². The van der Waals surface area contributed by atoms with Gasteiger partial charge in [0.1, 0.15) is 5.70 Å². The number of aliphatic carboxylic acids is 1. The van der Waals surface area contributed by atoms with Crippen LogP contribution in [0.1, 0.15) is 26.7 Å². The lowest BCUT2D eigenvalue weighted by Crippen LogP contribution is -2.66. The molecule has 38 heavy (non-hydrogen) atoms. The second-order valence-corrected chi connectivity index (χ2v) is 11.4. The van der Waals surface area contributed by atoms with E-state index in [-0.39, 0.29) is 41.3 Å². The number of carbonyl (C=O) groups excluding carboxylic acids is 4. The molecule has 0 aliphatic carbocycles. The smallest absolute Gasteiger partial charge is 0.353 e. The van der Waals surface area contributed by atoms with Gasteiger partial charge in [0.05, 0.1) is 24.5 Å². The van der Waals surface area contributed by atoms with Gasteiger partial charge >= 0.3 is 12.4 Å². The molecule has 6 N–H and O–H groups in total. The minimum absolute atomic E-state index is 0.0906. The molecule has 4 amide bonds. The first-order valence-corrected chi connectivity index (χ1v) is 13.4. The molecule has 15 heteroatoms. The maximum absolute atomic E-state index is 13.0. The van der Waals surface area contributed by atoms with Gasteiger partial charge in [0.2, 0.25) is 17.7 Å². The van der Waals surface area contributed by atoms with E-state index in [0.29, 0.717) is 37.4 Å². The van der Waals surface area contributed by atoms with Crippen LogP contribution < -0.4 is 21.7 Å². The van der Waals surface area contributed by atoms with E-state index in [2.05, 4.69) is 16.0 Å². The zero-order valence-electron chi connectivity index (χ0n) is 21.0. The summed E-state index contributed by atoms with van der Waals surface area (Å²) in [6, 6.07) is -2.06. The Kier molecular flexibility index (Phi) is 8.28. The van der Waals surface area contributed by atoms with Gasteiger partial charge in [-0.2, -0.15) is 8.78 Å². The molecule has 12 nitrogen and oxygen atoms in total. The third-order valence-corrected chi connectivity index (χ3v) is 9.14. The van der Waals surface area contributed by atoms with Crippen molar-refractivity contribution in [2.45, 2.75) is 62.5 Å². The maximum Gasteiger partial charge on any atom is 0.353 e. The van der Waals surface area contributed by atoms with Crippen LogP contribution in [0.3, 0.4) is 0 Å². The van der Waals surface area contributed by atoms with Crippen molar-refractivity contribution in [1.29, 1.82) is 0 Å². The number of hydrogen-bond acceptors (Lipinski definition) is 8. The Morgan fingerprint density at radius 3 is 2.63 bits per heavy atom. The quantitative estimate of drug-likeness (QED) is 0.215. The molecule has 0 aromatic carbocycles. The molecular weight excluding hydrogens is 526 g/mol. The number of thioether (sulfide) groups is 1. The molecule has 0 spiro atoms. The molecule has 0 saturated carbocycles. The molecule has 3 saturated heterocycles. The van der Waals surface area contributed by atoms with Crippen molar-refractivity contribution >= 4 is 41.4 Å². The van der Waals surface area contributed by atoms with Crippen molar-refractivity contribution in [3.8, 4) is 0 Å². The molecule has 4 heterocycles. The predicted molar refractivity (Wildman–Crippen MR) is 132 cm³/mol. The topological polar surface area (TPSA) is 174 Å². The van der Waals surface area contributed by atoms with Crippen LogP contribution in [-0.4, -0.2) is 107 Å². The number of rotatable bonds is 9. The number of nitrogens with one attached hydrogen (secondary N) is 3. The molecule has 3 fully saturated rings. The highest BCUT2D eigenvalue weighted by Gasteiger charge is 2.60. The summed E-state index contributed by atoms with van der Waals surface area (Å²) < 4.78 is 25.4. The fourth-order valence-electron chi connectivity index (χ4n) is 5.82. The molecule has 0 aromatic rings. The molecule has 0 bridgehead atoms. The summed E-state index contributed by atoms with van der Waals surface area (Å²) in [6.07, 6.45) is -2.13. The lowest BCUT2D eigenvalue weighted by molar-refractivity contribution is -0.159. The van der Waals surface area contributed by atoms with Gasteiger partial charge in [-0.3, -0.25) is 19.2 Å². The van der Waals surface area contributed by atoms with E-state index in [9.17, 15) is 37.9 Å². The van der Waals surface area contributed by atoms with Crippen molar-refractivity contribution in [2.24, 2.45) is 17.6 Å². The Bertz CT molecular complexity index is 1060. The average Bonchev–Trinajstić information content (AvgIpc) is 3.57. The zero-order chi connectivity index (χ0) is 27.9. The summed E-state index contributed by atoms with van der Waals surface area (Å²) in [4.78, 5) is 64.4. The van der Waals surface area contributed by atoms with E-state index in [1.54, 1.807) is 11.8 Å². The normalized spacial score (nSPS) is 31.4. The van der Waals surface area contributed by atoms with Crippen molar-refractivity contribution in [3.63, 3.8) is 0 Å². The van der Waals surface area contributed by atoms with Crippen LogP contribution in [0, 0.1) is 11.8 Å². The van der Waals surface area contributed by atoms with Gasteiger partial charge in [0.25, 0.3) is 5.91 Å². The number of fused-ring (bicyclic) bond motifs is 1. The highest BCUT2D eigenvalue weighted by atomic mass is 32.2. The number of carboxylic acid groups (broad SMARTS) is 1. The number of nitrogens with zero attached hydrogens (tertiary/aromatic N) is 2. The first-order chi connectivity index (χ1) is 17.9. The number of likely N-dealkylation sites (tertiary alicyclic amines) is 1. The summed E-state index contributed by atoms with van der Waals surface area (Å²) in [6.45, 7) is 4.48. The van der Waals surface area contributed by atoms with Gasteiger partial charge in [-0.25, -0.2) is 4.79 Å². The number of β-lactam (4-membered cyclic amide) rings is 1. The largest absolute Gasteiger partial charge is 0.477 e. The molecule has 0 unspecified atom stereocenters. The van der Waals surface area contributed by atoms with Crippen molar-refractivity contribution < 1.29 is 37.9 Å². The molecule has 4 rings (SSSR count). The lowest BCUT2D eigenvalue weighted by atomic mass is 9.78. The van der Waals surface area contributed by atoms with E-state index in [0.717, 1.165) is 0 Å².